The third kappa shape index (κ3) is 3.97. The molecule has 4 saturated carbocycles. The maximum absolute atomic E-state index is 12.4. The van der Waals surface area contributed by atoms with E-state index in [0.717, 1.165) is 43.1 Å². The number of amides is 1. The van der Waals surface area contributed by atoms with Crippen molar-refractivity contribution in [2.24, 2.45) is 23.2 Å². The quantitative estimate of drug-likeness (QED) is 0.424. The van der Waals surface area contributed by atoms with Crippen molar-refractivity contribution in [2.45, 2.75) is 51.5 Å². The topological polar surface area (TPSA) is 98.5 Å². The summed E-state index contributed by atoms with van der Waals surface area (Å²) in [6.07, 6.45) is 7.47. The van der Waals surface area contributed by atoms with Gasteiger partial charge in [-0.2, -0.15) is 0 Å². The van der Waals surface area contributed by atoms with E-state index in [9.17, 15) is 19.7 Å². The molecule has 4 aliphatic rings. The van der Waals surface area contributed by atoms with E-state index in [0.29, 0.717) is 0 Å². The van der Waals surface area contributed by atoms with E-state index < -0.39 is 23.2 Å². The van der Waals surface area contributed by atoms with Crippen LogP contribution in [0.4, 0.5) is 5.69 Å². The number of nitro benzene ring substituents is 1. The second kappa shape index (κ2) is 7.59. The Bertz CT molecular complexity index is 820. The fourth-order valence-electron chi connectivity index (χ4n) is 6.18. The van der Waals surface area contributed by atoms with Gasteiger partial charge in [0, 0.05) is 17.1 Å². The predicted octanol–water partition coefficient (Wildman–Crippen LogP) is 4.13. The number of hydrogen-bond donors (Lipinski definition) is 1. The van der Waals surface area contributed by atoms with Crippen molar-refractivity contribution in [2.75, 3.05) is 6.61 Å². The molecule has 0 aliphatic heterocycles. The van der Waals surface area contributed by atoms with E-state index in [2.05, 4.69) is 12.2 Å². The number of hydrogen-bond acceptors (Lipinski definition) is 5. The molecule has 0 heterocycles. The van der Waals surface area contributed by atoms with Gasteiger partial charge in [0.05, 0.1) is 4.92 Å². The Labute approximate surface area is 174 Å². The Balaban J connectivity index is 1.35. The summed E-state index contributed by atoms with van der Waals surface area (Å²) in [5.41, 5.74) is -0.508. The molecular weight excluding hydrogens is 396 g/mol. The minimum absolute atomic E-state index is 0.0163. The molecule has 1 aromatic carbocycles. The first-order valence-electron chi connectivity index (χ1n) is 10.2. The molecule has 1 N–H and O–H groups in total. The molecule has 29 heavy (non-hydrogen) atoms. The van der Waals surface area contributed by atoms with Crippen LogP contribution in [0.25, 0.3) is 0 Å². The summed E-state index contributed by atoms with van der Waals surface area (Å²) in [5.74, 6) is 1.02. The molecule has 8 heteroatoms. The smallest absolute Gasteiger partial charge is 0.345 e. The van der Waals surface area contributed by atoms with Crippen molar-refractivity contribution < 1.29 is 19.2 Å². The molecule has 156 valence electrons. The van der Waals surface area contributed by atoms with Gasteiger partial charge in [0.15, 0.2) is 6.61 Å². The summed E-state index contributed by atoms with van der Waals surface area (Å²) in [6.45, 7) is 1.58. The molecule has 4 bridgehead atoms. The highest BCUT2D eigenvalue weighted by Gasteiger charge is 2.53. The second-order valence-corrected chi connectivity index (χ2v) is 9.50. The van der Waals surface area contributed by atoms with E-state index in [4.69, 9.17) is 16.3 Å². The lowest BCUT2D eigenvalue weighted by molar-refractivity contribution is -0.385. The third-order valence-electron chi connectivity index (χ3n) is 7.09. The van der Waals surface area contributed by atoms with E-state index in [1.54, 1.807) is 0 Å². The van der Waals surface area contributed by atoms with Crippen LogP contribution in [0.2, 0.25) is 5.02 Å². The summed E-state index contributed by atoms with van der Waals surface area (Å²) < 4.78 is 5.04. The van der Waals surface area contributed by atoms with E-state index >= 15 is 0 Å². The van der Waals surface area contributed by atoms with Gasteiger partial charge in [0.2, 0.25) is 0 Å². The standard InChI is InChI=1S/C21H25ClN2O5/c1-12(21-8-13-4-14(9-21)6-15(5-13)10-21)23-19(25)11-29-20(26)17-7-16(22)2-3-18(17)24(27)28/h2-3,7,12-15H,4-6,8-11H2,1H3,(H,23,25)/t12-,13?,14?,15?,21?/m1/s1. The average molecular weight is 421 g/mol. The van der Waals surface area contributed by atoms with Gasteiger partial charge < -0.3 is 10.1 Å². The normalized spacial score (nSPS) is 30.6. The minimum Gasteiger partial charge on any atom is -0.452 e. The zero-order chi connectivity index (χ0) is 20.8. The molecule has 5 rings (SSSR count). The molecule has 0 spiro atoms. The number of nitro groups is 1. The van der Waals surface area contributed by atoms with Crippen LogP contribution in [0.3, 0.4) is 0 Å². The molecule has 4 aliphatic carbocycles. The zero-order valence-corrected chi connectivity index (χ0v) is 17.1. The van der Waals surface area contributed by atoms with E-state index in [1.807, 2.05) is 0 Å². The Kier molecular flexibility index (Phi) is 5.27. The number of carbonyl (C=O) groups is 2. The second-order valence-electron chi connectivity index (χ2n) is 9.06. The summed E-state index contributed by atoms with van der Waals surface area (Å²) in [5, 5.41) is 14.3. The van der Waals surface area contributed by atoms with E-state index in [1.165, 1.54) is 31.4 Å². The lowest BCUT2D eigenvalue weighted by Gasteiger charge is -2.59. The molecule has 1 atom stereocenters. The summed E-state index contributed by atoms with van der Waals surface area (Å²) in [7, 11) is 0. The van der Waals surface area contributed by atoms with Crippen LogP contribution < -0.4 is 5.32 Å². The molecule has 0 unspecified atom stereocenters. The summed E-state index contributed by atoms with van der Waals surface area (Å²) in [6, 6.07) is 3.67. The Morgan fingerprint density at radius 3 is 2.38 bits per heavy atom. The molecule has 1 aromatic rings. The van der Waals surface area contributed by atoms with Gasteiger partial charge in [0.1, 0.15) is 5.56 Å². The SMILES string of the molecule is C[C@@H](NC(=O)COC(=O)c1cc(Cl)ccc1[N+](=O)[O-])C12CC3CC(CC(C3)C1)C2. The molecule has 0 radical (unpaired) electrons. The molecular formula is C21H25ClN2O5. The minimum atomic E-state index is -0.934. The molecule has 7 nitrogen and oxygen atoms in total. The average Bonchev–Trinajstić information content (AvgIpc) is 2.64. The van der Waals surface area contributed by atoms with Crippen molar-refractivity contribution in [3.8, 4) is 0 Å². The number of carbonyl (C=O) groups excluding carboxylic acids is 2. The molecule has 1 amide bonds. The van der Waals surface area contributed by atoms with Crippen molar-refractivity contribution in [1.82, 2.24) is 5.32 Å². The molecule has 4 fully saturated rings. The van der Waals surface area contributed by atoms with Gasteiger partial charge in [-0.1, -0.05) is 11.6 Å². The highest BCUT2D eigenvalue weighted by atomic mass is 35.5. The first-order valence-corrected chi connectivity index (χ1v) is 10.5. The monoisotopic (exact) mass is 420 g/mol. The van der Waals surface area contributed by atoms with Crippen LogP contribution >= 0.6 is 11.6 Å². The maximum Gasteiger partial charge on any atom is 0.345 e. The lowest BCUT2D eigenvalue weighted by atomic mass is 9.48. The van der Waals surface area contributed by atoms with Gasteiger partial charge >= 0.3 is 5.97 Å². The van der Waals surface area contributed by atoms with Crippen LogP contribution in [0, 0.1) is 33.3 Å². The highest BCUT2D eigenvalue weighted by Crippen LogP contribution is 2.61. The number of nitrogens with one attached hydrogen (secondary N) is 1. The number of ether oxygens (including phenoxy) is 1. The summed E-state index contributed by atoms with van der Waals surface area (Å²) in [4.78, 5) is 35.1. The number of rotatable bonds is 6. The highest BCUT2D eigenvalue weighted by molar-refractivity contribution is 6.31. The van der Waals surface area contributed by atoms with Crippen LogP contribution in [0.1, 0.15) is 55.8 Å². The van der Waals surface area contributed by atoms with Crippen LogP contribution in [-0.4, -0.2) is 29.4 Å². The molecule has 0 aromatic heterocycles. The molecule has 0 saturated heterocycles. The number of esters is 1. The first-order chi connectivity index (χ1) is 13.8. The third-order valence-corrected chi connectivity index (χ3v) is 7.33. The van der Waals surface area contributed by atoms with Gasteiger partial charge in [-0.15, -0.1) is 0 Å². The van der Waals surface area contributed by atoms with Gasteiger partial charge in [0.25, 0.3) is 11.6 Å². The Morgan fingerprint density at radius 2 is 1.83 bits per heavy atom. The number of halogens is 1. The van der Waals surface area contributed by atoms with Crippen molar-refractivity contribution in [1.29, 1.82) is 0 Å². The fraction of sp³-hybridized carbons (Fsp3) is 0.619. The lowest BCUT2D eigenvalue weighted by Crippen LogP contribution is -2.56. The fourth-order valence-corrected chi connectivity index (χ4v) is 6.36. The Hall–Kier alpha value is -2.15. The van der Waals surface area contributed by atoms with Crippen LogP contribution in [-0.2, 0) is 9.53 Å². The predicted molar refractivity (Wildman–Crippen MR) is 107 cm³/mol. The van der Waals surface area contributed by atoms with Crippen molar-refractivity contribution in [3.63, 3.8) is 0 Å². The number of benzene rings is 1. The Morgan fingerprint density at radius 1 is 1.24 bits per heavy atom. The van der Waals surface area contributed by atoms with E-state index in [-0.39, 0.29) is 28.0 Å². The zero-order valence-electron chi connectivity index (χ0n) is 16.4. The number of nitrogens with zero attached hydrogens (tertiary/aromatic N) is 1. The van der Waals surface area contributed by atoms with Gasteiger partial charge in [-0.25, -0.2) is 4.79 Å². The van der Waals surface area contributed by atoms with Crippen LogP contribution in [0.5, 0.6) is 0 Å². The largest absolute Gasteiger partial charge is 0.452 e. The van der Waals surface area contributed by atoms with Gasteiger partial charge in [-0.05, 0) is 80.8 Å². The maximum atomic E-state index is 12.4. The summed E-state index contributed by atoms with van der Waals surface area (Å²) >= 11 is 5.84. The van der Waals surface area contributed by atoms with Crippen molar-refractivity contribution in [3.05, 3.63) is 38.9 Å². The van der Waals surface area contributed by atoms with Gasteiger partial charge in [-0.3, -0.25) is 14.9 Å². The van der Waals surface area contributed by atoms with Crippen LogP contribution in [0.15, 0.2) is 18.2 Å². The first kappa shape index (κ1) is 20.1. The van der Waals surface area contributed by atoms with Crippen molar-refractivity contribution >= 4 is 29.2 Å².